The van der Waals surface area contributed by atoms with E-state index in [1.54, 1.807) is 11.1 Å². The van der Waals surface area contributed by atoms with Crippen molar-refractivity contribution in [3.8, 4) is 0 Å². The molecule has 0 saturated heterocycles. The molecule has 64 valence electrons. The topological polar surface area (TPSA) is 0 Å². The van der Waals surface area contributed by atoms with E-state index in [9.17, 15) is 0 Å². The highest BCUT2D eigenvalue weighted by Crippen LogP contribution is 2.27. The van der Waals surface area contributed by atoms with Crippen LogP contribution in [0, 0.1) is 0 Å². The highest BCUT2D eigenvalue weighted by Gasteiger charge is 2.07. The predicted molar refractivity (Wildman–Crippen MR) is 50.7 cm³/mol. The van der Waals surface area contributed by atoms with Gasteiger partial charge in [0.2, 0.25) is 0 Å². The summed E-state index contributed by atoms with van der Waals surface area (Å²) < 4.78 is 0. The molecule has 0 unspecified atom stereocenters. The van der Waals surface area contributed by atoms with Crippen LogP contribution >= 0.6 is 0 Å². The molecule has 11 heavy (non-hydrogen) atoms. The summed E-state index contributed by atoms with van der Waals surface area (Å²) in [5, 5.41) is 0. The fourth-order valence-electron chi connectivity index (χ4n) is 1.85. The monoisotopic (exact) mass is 152 g/mol. The van der Waals surface area contributed by atoms with Crippen LogP contribution in [-0.4, -0.2) is 0 Å². The fourth-order valence-corrected chi connectivity index (χ4v) is 1.85. The Bertz CT molecular complexity index is 142. The summed E-state index contributed by atoms with van der Waals surface area (Å²) in [5.41, 5.74) is 3.47. The zero-order valence-corrected chi connectivity index (χ0v) is 7.95. The van der Waals surface area contributed by atoms with Crippen LogP contribution in [0.15, 0.2) is 11.1 Å². The third-order valence-corrected chi connectivity index (χ3v) is 2.72. The van der Waals surface area contributed by atoms with Crippen LogP contribution in [0.4, 0.5) is 0 Å². The van der Waals surface area contributed by atoms with Gasteiger partial charge in [-0.2, -0.15) is 0 Å². The first-order valence-electron chi connectivity index (χ1n) is 5.02. The molecule has 1 aliphatic carbocycles. The van der Waals surface area contributed by atoms with Gasteiger partial charge in [0.1, 0.15) is 0 Å². The van der Waals surface area contributed by atoms with Crippen LogP contribution in [0.25, 0.3) is 0 Å². The summed E-state index contributed by atoms with van der Waals surface area (Å²) in [5.74, 6) is 0. The first-order chi connectivity index (χ1) is 5.34. The lowest BCUT2D eigenvalue weighted by Gasteiger charge is -2.17. The van der Waals surface area contributed by atoms with Crippen LogP contribution in [-0.2, 0) is 0 Å². The molecule has 0 bridgehead atoms. The van der Waals surface area contributed by atoms with Crippen molar-refractivity contribution in [1.82, 2.24) is 0 Å². The third-order valence-electron chi connectivity index (χ3n) is 2.72. The third kappa shape index (κ3) is 2.69. The van der Waals surface area contributed by atoms with Crippen LogP contribution in [0.5, 0.6) is 0 Å². The molecule has 0 aromatic heterocycles. The second-order valence-corrected chi connectivity index (χ2v) is 3.69. The van der Waals surface area contributed by atoms with Crippen molar-refractivity contribution in [2.75, 3.05) is 0 Å². The van der Waals surface area contributed by atoms with E-state index in [1.165, 1.54) is 44.9 Å². The minimum atomic E-state index is 1.34. The molecule has 0 saturated carbocycles. The number of rotatable bonds is 3. The van der Waals surface area contributed by atoms with Crippen LogP contribution in [0.2, 0.25) is 0 Å². The SMILES string of the molecule is CCCCC1=C(C)CCCC1. The van der Waals surface area contributed by atoms with Gasteiger partial charge in [0, 0.05) is 0 Å². The molecule has 0 heteroatoms. The van der Waals surface area contributed by atoms with Gasteiger partial charge >= 0.3 is 0 Å². The van der Waals surface area contributed by atoms with Gasteiger partial charge < -0.3 is 0 Å². The zero-order valence-electron chi connectivity index (χ0n) is 7.95. The fraction of sp³-hybridized carbons (Fsp3) is 0.818. The minimum Gasteiger partial charge on any atom is -0.0741 e. The van der Waals surface area contributed by atoms with E-state index in [1.807, 2.05) is 0 Å². The van der Waals surface area contributed by atoms with Gasteiger partial charge in [-0.25, -0.2) is 0 Å². The maximum atomic E-state index is 2.32. The van der Waals surface area contributed by atoms with E-state index >= 15 is 0 Å². The number of unbranched alkanes of at least 4 members (excludes halogenated alkanes) is 1. The molecule has 0 spiro atoms. The van der Waals surface area contributed by atoms with E-state index in [0.717, 1.165) is 0 Å². The van der Waals surface area contributed by atoms with Crippen molar-refractivity contribution in [1.29, 1.82) is 0 Å². The zero-order chi connectivity index (χ0) is 8.10. The van der Waals surface area contributed by atoms with Crippen LogP contribution in [0.1, 0.15) is 58.8 Å². The lowest BCUT2D eigenvalue weighted by molar-refractivity contribution is 0.631. The molecule has 0 heterocycles. The van der Waals surface area contributed by atoms with Crippen LogP contribution in [0.3, 0.4) is 0 Å². The van der Waals surface area contributed by atoms with Crippen molar-refractivity contribution in [2.24, 2.45) is 0 Å². The summed E-state index contributed by atoms with van der Waals surface area (Å²) in [6.45, 7) is 4.60. The molecule has 0 atom stereocenters. The van der Waals surface area contributed by atoms with Gasteiger partial charge in [0.25, 0.3) is 0 Å². The Morgan fingerprint density at radius 2 is 1.91 bits per heavy atom. The summed E-state index contributed by atoms with van der Waals surface area (Å²) in [7, 11) is 0. The van der Waals surface area contributed by atoms with Gasteiger partial charge in [-0.3, -0.25) is 0 Å². The van der Waals surface area contributed by atoms with E-state index in [2.05, 4.69) is 13.8 Å². The first kappa shape index (κ1) is 8.83. The molecule has 0 fully saturated rings. The highest BCUT2D eigenvalue weighted by atomic mass is 14.1. The van der Waals surface area contributed by atoms with E-state index in [4.69, 9.17) is 0 Å². The maximum Gasteiger partial charge on any atom is -0.0318 e. The second kappa shape index (κ2) is 4.58. The second-order valence-electron chi connectivity index (χ2n) is 3.69. The quantitative estimate of drug-likeness (QED) is 0.535. The van der Waals surface area contributed by atoms with Crippen molar-refractivity contribution >= 4 is 0 Å². The van der Waals surface area contributed by atoms with Crippen LogP contribution < -0.4 is 0 Å². The maximum absolute atomic E-state index is 2.32. The molecule has 1 rings (SSSR count). The van der Waals surface area contributed by atoms with Gasteiger partial charge in [0.05, 0.1) is 0 Å². The Labute approximate surface area is 70.7 Å². The molecule has 0 amide bonds. The largest absolute Gasteiger partial charge is 0.0741 e. The molecule has 0 nitrogen and oxygen atoms in total. The average molecular weight is 152 g/mol. The number of hydrogen-bond acceptors (Lipinski definition) is 0. The predicted octanol–water partition coefficient (Wildman–Crippen LogP) is 4.07. The normalized spacial score (nSPS) is 19.1. The van der Waals surface area contributed by atoms with Crippen molar-refractivity contribution in [2.45, 2.75) is 58.8 Å². The van der Waals surface area contributed by atoms with Gasteiger partial charge in [-0.05, 0) is 45.4 Å². The Morgan fingerprint density at radius 1 is 1.18 bits per heavy atom. The molecule has 0 N–H and O–H groups in total. The lowest BCUT2D eigenvalue weighted by atomic mass is 9.90. The highest BCUT2D eigenvalue weighted by molar-refractivity contribution is 5.14. The minimum absolute atomic E-state index is 1.34. The van der Waals surface area contributed by atoms with E-state index in [-0.39, 0.29) is 0 Å². The van der Waals surface area contributed by atoms with Crippen molar-refractivity contribution in [3.05, 3.63) is 11.1 Å². The number of hydrogen-bond donors (Lipinski definition) is 0. The first-order valence-corrected chi connectivity index (χ1v) is 5.02. The van der Waals surface area contributed by atoms with Gasteiger partial charge in [0.15, 0.2) is 0 Å². The number of allylic oxidation sites excluding steroid dienone is 2. The van der Waals surface area contributed by atoms with Crippen molar-refractivity contribution < 1.29 is 0 Å². The summed E-state index contributed by atoms with van der Waals surface area (Å²) in [6.07, 6.45) is 9.76. The molecular weight excluding hydrogens is 132 g/mol. The van der Waals surface area contributed by atoms with Crippen molar-refractivity contribution in [3.63, 3.8) is 0 Å². The lowest BCUT2D eigenvalue weighted by Crippen LogP contribution is -1.97. The van der Waals surface area contributed by atoms with E-state index < -0.39 is 0 Å². The average Bonchev–Trinajstić information content (AvgIpc) is 2.03. The standard InChI is InChI=1S/C11H20/c1-3-4-8-11-9-6-5-7-10(11)2/h3-9H2,1-2H3. The molecule has 1 aliphatic rings. The Hall–Kier alpha value is -0.260. The van der Waals surface area contributed by atoms with Gasteiger partial charge in [-0.15, -0.1) is 0 Å². The summed E-state index contributed by atoms with van der Waals surface area (Å²) in [4.78, 5) is 0. The van der Waals surface area contributed by atoms with E-state index in [0.29, 0.717) is 0 Å². The van der Waals surface area contributed by atoms with Gasteiger partial charge in [-0.1, -0.05) is 24.5 Å². The smallest absolute Gasteiger partial charge is 0.0318 e. The molecule has 0 aliphatic heterocycles. The molecule has 0 aromatic rings. The molecule has 0 radical (unpaired) electrons. The summed E-state index contributed by atoms with van der Waals surface area (Å²) in [6, 6.07) is 0. The Balaban J connectivity index is 2.39. The molecule has 0 aromatic carbocycles. The summed E-state index contributed by atoms with van der Waals surface area (Å²) >= 11 is 0. The Morgan fingerprint density at radius 3 is 2.55 bits per heavy atom. The Kier molecular flexibility index (Phi) is 3.68. The molecular formula is C11H20.